The van der Waals surface area contributed by atoms with Gasteiger partial charge in [0.25, 0.3) is 5.91 Å². The SMILES string of the molecule is CCc1c(CCCc2ccc(C(=O)NCC(=O)O)c(C)c2)ccc(OCC(O)C(C)(C)C)c1C. The van der Waals surface area contributed by atoms with Crippen molar-refractivity contribution >= 4 is 11.9 Å². The van der Waals surface area contributed by atoms with Crippen LogP contribution in [-0.4, -0.2) is 41.3 Å². The maximum absolute atomic E-state index is 12.1. The summed E-state index contributed by atoms with van der Waals surface area (Å²) in [5.41, 5.74) is 6.01. The molecule has 34 heavy (non-hydrogen) atoms. The Morgan fingerprint density at radius 3 is 2.38 bits per heavy atom. The second kappa shape index (κ2) is 12.0. The largest absolute Gasteiger partial charge is 0.491 e. The summed E-state index contributed by atoms with van der Waals surface area (Å²) >= 11 is 0. The van der Waals surface area contributed by atoms with Crippen LogP contribution in [0.5, 0.6) is 5.75 Å². The van der Waals surface area contributed by atoms with Crippen molar-refractivity contribution in [3.63, 3.8) is 0 Å². The average molecular weight is 470 g/mol. The van der Waals surface area contributed by atoms with Gasteiger partial charge in [-0.05, 0) is 84.9 Å². The number of aliphatic hydroxyl groups excluding tert-OH is 1. The molecule has 0 spiro atoms. The molecule has 0 heterocycles. The van der Waals surface area contributed by atoms with Crippen LogP contribution in [0, 0.1) is 19.3 Å². The maximum atomic E-state index is 12.1. The van der Waals surface area contributed by atoms with Gasteiger partial charge in [-0.2, -0.15) is 0 Å². The lowest BCUT2D eigenvalue weighted by atomic mass is 9.90. The minimum Gasteiger partial charge on any atom is -0.491 e. The van der Waals surface area contributed by atoms with Gasteiger partial charge in [-0.3, -0.25) is 9.59 Å². The van der Waals surface area contributed by atoms with Gasteiger partial charge in [-0.25, -0.2) is 0 Å². The minimum absolute atomic E-state index is 0.222. The van der Waals surface area contributed by atoms with E-state index in [1.807, 2.05) is 45.9 Å². The van der Waals surface area contributed by atoms with Crippen molar-refractivity contribution in [2.75, 3.05) is 13.2 Å². The molecule has 6 nitrogen and oxygen atoms in total. The molecular weight excluding hydrogens is 430 g/mol. The van der Waals surface area contributed by atoms with Crippen molar-refractivity contribution in [3.8, 4) is 5.75 Å². The molecule has 186 valence electrons. The second-order valence-corrected chi connectivity index (χ2v) is 9.95. The second-order valence-electron chi connectivity index (χ2n) is 9.95. The van der Waals surface area contributed by atoms with E-state index in [9.17, 15) is 14.7 Å². The molecule has 6 heteroatoms. The van der Waals surface area contributed by atoms with E-state index >= 15 is 0 Å². The van der Waals surface area contributed by atoms with Gasteiger partial charge in [0.1, 0.15) is 18.9 Å². The van der Waals surface area contributed by atoms with Crippen LogP contribution in [0.1, 0.15) is 72.3 Å². The third kappa shape index (κ3) is 7.59. The van der Waals surface area contributed by atoms with Crippen molar-refractivity contribution in [1.82, 2.24) is 5.32 Å². The Hall–Kier alpha value is -2.86. The summed E-state index contributed by atoms with van der Waals surface area (Å²) < 4.78 is 5.96. The fraction of sp³-hybridized carbons (Fsp3) is 0.500. The standard InChI is InChI=1S/C28H39NO5/c1-7-22-19(3)24(34-17-25(30)28(4,5)6)14-12-21(22)10-8-9-20-11-13-23(18(2)15-20)27(33)29-16-26(31)32/h11-15,25,30H,7-10,16-17H2,1-6H3,(H,29,33)(H,31,32). The molecule has 0 saturated heterocycles. The number of nitrogens with one attached hydrogen (secondary N) is 1. The van der Waals surface area contributed by atoms with Crippen LogP contribution in [0.2, 0.25) is 0 Å². The van der Waals surface area contributed by atoms with Gasteiger partial charge < -0.3 is 20.3 Å². The van der Waals surface area contributed by atoms with E-state index in [1.165, 1.54) is 11.1 Å². The van der Waals surface area contributed by atoms with Gasteiger partial charge in [-0.1, -0.05) is 45.9 Å². The van der Waals surface area contributed by atoms with E-state index in [0.29, 0.717) is 5.56 Å². The molecule has 2 aromatic carbocycles. The quantitative estimate of drug-likeness (QED) is 0.446. The molecule has 0 radical (unpaired) electrons. The van der Waals surface area contributed by atoms with Crippen LogP contribution in [0.3, 0.4) is 0 Å². The van der Waals surface area contributed by atoms with Crippen LogP contribution in [0.25, 0.3) is 0 Å². The number of ether oxygens (including phenoxy) is 1. The number of aliphatic carboxylic acids is 1. The molecule has 0 aromatic heterocycles. The number of benzene rings is 2. The molecule has 0 saturated carbocycles. The smallest absolute Gasteiger partial charge is 0.322 e. The predicted molar refractivity (Wildman–Crippen MR) is 135 cm³/mol. The van der Waals surface area contributed by atoms with Crippen molar-refractivity contribution < 1.29 is 24.5 Å². The summed E-state index contributed by atoms with van der Waals surface area (Å²) in [6.07, 6.45) is 3.18. The van der Waals surface area contributed by atoms with E-state index < -0.39 is 12.1 Å². The topological polar surface area (TPSA) is 95.9 Å². The fourth-order valence-electron chi connectivity index (χ4n) is 3.96. The minimum atomic E-state index is -1.06. The molecule has 3 N–H and O–H groups in total. The van der Waals surface area contributed by atoms with Gasteiger partial charge >= 0.3 is 5.97 Å². The monoisotopic (exact) mass is 469 g/mol. The van der Waals surface area contributed by atoms with Gasteiger partial charge in [-0.15, -0.1) is 0 Å². The van der Waals surface area contributed by atoms with E-state index in [1.54, 1.807) is 6.07 Å². The van der Waals surface area contributed by atoms with Crippen molar-refractivity contribution in [2.24, 2.45) is 5.41 Å². The first-order valence-electron chi connectivity index (χ1n) is 12.0. The van der Waals surface area contributed by atoms with Crippen LogP contribution in [-0.2, 0) is 24.1 Å². The summed E-state index contributed by atoms with van der Waals surface area (Å²) in [6.45, 7) is 12.0. The first-order chi connectivity index (χ1) is 15.9. The number of hydrogen-bond acceptors (Lipinski definition) is 4. The molecule has 1 amide bonds. The van der Waals surface area contributed by atoms with Crippen LogP contribution < -0.4 is 10.1 Å². The zero-order valence-corrected chi connectivity index (χ0v) is 21.3. The first kappa shape index (κ1) is 27.4. The Balaban J connectivity index is 2.00. The highest BCUT2D eigenvalue weighted by molar-refractivity contribution is 5.97. The van der Waals surface area contributed by atoms with Crippen molar-refractivity contribution in [3.05, 3.63) is 63.7 Å². The Morgan fingerprint density at radius 1 is 1.09 bits per heavy atom. The number of carbonyl (C=O) groups is 2. The summed E-state index contributed by atoms with van der Waals surface area (Å²) in [5.74, 6) is -0.602. The van der Waals surface area contributed by atoms with Crippen LogP contribution >= 0.6 is 0 Å². The average Bonchev–Trinajstić information content (AvgIpc) is 2.76. The van der Waals surface area contributed by atoms with Crippen molar-refractivity contribution in [2.45, 2.75) is 73.3 Å². The number of rotatable bonds is 11. The fourth-order valence-corrected chi connectivity index (χ4v) is 3.96. The highest BCUT2D eigenvalue weighted by Crippen LogP contribution is 2.28. The Labute approximate surface area is 203 Å². The number of aryl methyl sites for hydroxylation is 3. The molecule has 0 fully saturated rings. The lowest BCUT2D eigenvalue weighted by Crippen LogP contribution is -2.32. The molecular formula is C28H39NO5. The molecule has 0 aliphatic rings. The number of hydrogen-bond donors (Lipinski definition) is 3. The Bertz CT molecular complexity index is 1010. The van der Waals surface area contributed by atoms with E-state index in [2.05, 4.69) is 25.2 Å². The van der Waals surface area contributed by atoms with Gasteiger partial charge in [0.15, 0.2) is 0 Å². The maximum Gasteiger partial charge on any atom is 0.322 e. The highest BCUT2D eigenvalue weighted by Gasteiger charge is 2.23. The Kier molecular flexibility index (Phi) is 9.68. The van der Waals surface area contributed by atoms with Crippen LogP contribution in [0.15, 0.2) is 30.3 Å². The molecule has 0 bridgehead atoms. The zero-order valence-electron chi connectivity index (χ0n) is 21.3. The zero-order chi connectivity index (χ0) is 25.5. The molecule has 1 atom stereocenters. The lowest BCUT2D eigenvalue weighted by molar-refractivity contribution is -0.135. The van der Waals surface area contributed by atoms with Gasteiger partial charge in [0.2, 0.25) is 0 Å². The van der Waals surface area contributed by atoms with Gasteiger partial charge in [0, 0.05) is 5.56 Å². The van der Waals surface area contributed by atoms with Crippen LogP contribution in [0.4, 0.5) is 0 Å². The normalized spacial score (nSPS) is 12.3. The number of aliphatic hydroxyl groups is 1. The number of carboxylic acid groups (broad SMARTS) is 1. The summed E-state index contributed by atoms with van der Waals surface area (Å²) in [5, 5.41) is 21.4. The van der Waals surface area contributed by atoms with Crippen molar-refractivity contribution in [1.29, 1.82) is 0 Å². The molecule has 0 aliphatic carbocycles. The molecule has 0 aliphatic heterocycles. The number of carbonyl (C=O) groups excluding carboxylic acids is 1. The summed E-state index contributed by atoms with van der Waals surface area (Å²) in [4.78, 5) is 22.8. The van der Waals surface area contributed by atoms with Gasteiger partial charge in [0.05, 0.1) is 6.10 Å². The first-order valence-corrected chi connectivity index (χ1v) is 12.0. The predicted octanol–water partition coefficient (Wildman–Crippen LogP) is 4.64. The number of carboxylic acids is 1. The number of amides is 1. The van der Waals surface area contributed by atoms with E-state index in [4.69, 9.17) is 9.84 Å². The Morgan fingerprint density at radius 2 is 1.79 bits per heavy atom. The lowest BCUT2D eigenvalue weighted by Gasteiger charge is -2.26. The summed E-state index contributed by atoms with van der Waals surface area (Å²) in [7, 11) is 0. The third-order valence-corrected chi connectivity index (χ3v) is 6.24. The molecule has 1 unspecified atom stereocenters. The third-order valence-electron chi connectivity index (χ3n) is 6.24. The highest BCUT2D eigenvalue weighted by atomic mass is 16.5. The van der Waals surface area contributed by atoms with E-state index in [-0.39, 0.29) is 24.5 Å². The van der Waals surface area contributed by atoms with E-state index in [0.717, 1.165) is 48.1 Å². The summed E-state index contributed by atoms with van der Waals surface area (Å²) in [6, 6.07) is 9.84. The molecule has 2 rings (SSSR count). The molecule has 2 aromatic rings.